The zero-order chi connectivity index (χ0) is 20.6. The topological polar surface area (TPSA) is 58.2 Å². The van der Waals surface area contributed by atoms with Gasteiger partial charge in [-0.05, 0) is 55.7 Å². The highest BCUT2D eigenvalue weighted by Gasteiger charge is 2.10. The molecule has 148 valence electrons. The largest absolute Gasteiger partial charge is 0.326 e. The molecular formula is C24H23ClN2O2. The average molecular weight is 407 g/mol. The van der Waals surface area contributed by atoms with E-state index in [-0.39, 0.29) is 11.8 Å². The van der Waals surface area contributed by atoms with Gasteiger partial charge in [0.15, 0.2) is 0 Å². The van der Waals surface area contributed by atoms with Crippen LogP contribution in [-0.4, -0.2) is 11.8 Å². The molecule has 5 heteroatoms. The molecule has 0 saturated carbocycles. The summed E-state index contributed by atoms with van der Waals surface area (Å²) in [4.78, 5) is 24.4. The van der Waals surface area contributed by atoms with Crippen LogP contribution in [0.3, 0.4) is 0 Å². The van der Waals surface area contributed by atoms with Crippen LogP contribution in [-0.2, 0) is 11.2 Å². The van der Waals surface area contributed by atoms with Crippen LogP contribution in [0.2, 0.25) is 5.02 Å². The van der Waals surface area contributed by atoms with E-state index in [9.17, 15) is 9.59 Å². The lowest BCUT2D eigenvalue weighted by molar-refractivity contribution is -0.116. The number of carbonyl (C=O) groups excluding carboxylic acids is 2. The van der Waals surface area contributed by atoms with Gasteiger partial charge >= 0.3 is 0 Å². The summed E-state index contributed by atoms with van der Waals surface area (Å²) in [6.45, 7) is 2.06. The number of nitrogens with one attached hydrogen (secondary N) is 2. The number of rotatable bonds is 7. The Balaban J connectivity index is 1.51. The van der Waals surface area contributed by atoms with Gasteiger partial charge in [-0.2, -0.15) is 0 Å². The van der Waals surface area contributed by atoms with Crippen molar-refractivity contribution in [3.8, 4) is 0 Å². The van der Waals surface area contributed by atoms with Crippen LogP contribution >= 0.6 is 11.6 Å². The van der Waals surface area contributed by atoms with Gasteiger partial charge in [0.05, 0.1) is 10.7 Å². The molecule has 0 fully saturated rings. The van der Waals surface area contributed by atoms with Crippen molar-refractivity contribution >= 4 is 34.8 Å². The fourth-order valence-corrected chi connectivity index (χ4v) is 3.14. The summed E-state index contributed by atoms with van der Waals surface area (Å²) in [5, 5.41) is 6.00. The van der Waals surface area contributed by atoms with E-state index in [1.807, 2.05) is 6.07 Å². The monoisotopic (exact) mass is 406 g/mol. The van der Waals surface area contributed by atoms with Crippen LogP contribution in [0.4, 0.5) is 11.4 Å². The smallest absolute Gasteiger partial charge is 0.255 e. The van der Waals surface area contributed by atoms with E-state index < -0.39 is 0 Å². The van der Waals surface area contributed by atoms with E-state index in [1.165, 1.54) is 11.1 Å². The quantitative estimate of drug-likeness (QED) is 0.516. The van der Waals surface area contributed by atoms with E-state index >= 15 is 0 Å². The van der Waals surface area contributed by atoms with Crippen molar-refractivity contribution in [2.75, 3.05) is 10.6 Å². The third-order valence-corrected chi connectivity index (χ3v) is 4.84. The molecule has 0 aliphatic carbocycles. The lowest BCUT2D eigenvalue weighted by atomic mass is 10.1. The summed E-state index contributed by atoms with van der Waals surface area (Å²) in [6.07, 6.45) is 2.06. The molecule has 0 atom stereocenters. The van der Waals surface area contributed by atoms with Gasteiger partial charge in [-0.25, -0.2) is 0 Å². The van der Waals surface area contributed by atoms with Gasteiger partial charge in [-0.3, -0.25) is 9.59 Å². The molecule has 0 spiro atoms. The Morgan fingerprint density at radius 3 is 2.31 bits per heavy atom. The Morgan fingerprint density at radius 2 is 1.62 bits per heavy atom. The first-order valence-corrected chi connectivity index (χ1v) is 9.90. The van der Waals surface area contributed by atoms with Crippen molar-refractivity contribution in [1.29, 1.82) is 0 Å². The lowest BCUT2D eigenvalue weighted by Gasteiger charge is -2.10. The number of anilines is 2. The number of aryl methyl sites for hydroxylation is 2. The first kappa shape index (κ1) is 20.6. The molecule has 2 N–H and O–H groups in total. The van der Waals surface area contributed by atoms with Crippen molar-refractivity contribution in [2.24, 2.45) is 0 Å². The van der Waals surface area contributed by atoms with Crippen molar-refractivity contribution in [2.45, 2.75) is 26.2 Å². The van der Waals surface area contributed by atoms with Gasteiger partial charge in [0.1, 0.15) is 0 Å². The number of amides is 2. The molecule has 0 aliphatic heterocycles. The number of benzene rings is 3. The molecule has 3 aromatic carbocycles. The second-order valence-corrected chi connectivity index (χ2v) is 7.31. The third-order valence-electron chi connectivity index (χ3n) is 4.53. The first-order valence-electron chi connectivity index (χ1n) is 9.52. The minimum atomic E-state index is -0.236. The lowest BCUT2D eigenvalue weighted by Crippen LogP contribution is -2.13. The average Bonchev–Trinajstić information content (AvgIpc) is 2.72. The molecule has 2 amide bonds. The third kappa shape index (κ3) is 6.19. The Bertz CT molecular complexity index is 986. The molecule has 0 radical (unpaired) electrons. The summed E-state index contributed by atoms with van der Waals surface area (Å²) < 4.78 is 0. The number of hydrogen-bond donors (Lipinski definition) is 2. The van der Waals surface area contributed by atoms with Crippen molar-refractivity contribution in [3.05, 3.63) is 94.5 Å². The van der Waals surface area contributed by atoms with E-state index in [1.54, 1.807) is 42.5 Å². The highest BCUT2D eigenvalue weighted by molar-refractivity contribution is 6.34. The zero-order valence-corrected chi connectivity index (χ0v) is 17.0. The summed E-state index contributed by atoms with van der Waals surface area (Å²) in [5.41, 5.74) is 4.11. The Kier molecular flexibility index (Phi) is 7.04. The Morgan fingerprint density at radius 1 is 0.897 bits per heavy atom. The fourth-order valence-electron chi connectivity index (χ4n) is 2.91. The zero-order valence-electron chi connectivity index (χ0n) is 16.2. The second-order valence-electron chi connectivity index (χ2n) is 6.90. The van der Waals surface area contributed by atoms with Gasteiger partial charge in [-0.15, -0.1) is 0 Å². The molecule has 29 heavy (non-hydrogen) atoms. The molecule has 0 bridgehead atoms. The molecule has 0 aromatic heterocycles. The van der Waals surface area contributed by atoms with Gasteiger partial charge < -0.3 is 10.6 Å². The molecule has 3 rings (SSSR count). The Hall–Kier alpha value is -3.11. The highest BCUT2D eigenvalue weighted by Crippen LogP contribution is 2.26. The first-order chi connectivity index (χ1) is 14.0. The summed E-state index contributed by atoms with van der Waals surface area (Å²) in [5.74, 6) is -0.297. The fraction of sp³-hybridized carbons (Fsp3) is 0.167. The second kappa shape index (κ2) is 9.89. The van der Waals surface area contributed by atoms with Gasteiger partial charge in [-0.1, -0.05) is 59.6 Å². The molecule has 4 nitrogen and oxygen atoms in total. The van der Waals surface area contributed by atoms with Crippen LogP contribution in [0.15, 0.2) is 72.8 Å². The van der Waals surface area contributed by atoms with Crippen molar-refractivity contribution < 1.29 is 9.59 Å². The summed E-state index contributed by atoms with van der Waals surface area (Å²) in [7, 11) is 0. The molecule has 0 unspecified atom stereocenters. The maximum Gasteiger partial charge on any atom is 0.255 e. The standard InChI is InChI=1S/C24H23ClN2O2/c1-17-10-12-18(13-11-17)6-5-9-23(28)26-20-14-15-22(21(25)16-20)27-24(29)19-7-3-2-4-8-19/h2-4,7-8,10-16H,5-6,9H2,1H3,(H,26,28)(H,27,29). The predicted octanol–water partition coefficient (Wildman–Crippen LogP) is 5.86. The van der Waals surface area contributed by atoms with E-state index in [0.29, 0.717) is 28.4 Å². The van der Waals surface area contributed by atoms with Crippen LogP contribution in [0, 0.1) is 6.92 Å². The maximum absolute atomic E-state index is 12.2. The van der Waals surface area contributed by atoms with Gasteiger partial charge in [0.25, 0.3) is 5.91 Å². The maximum atomic E-state index is 12.2. The van der Waals surface area contributed by atoms with Crippen molar-refractivity contribution in [3.63, 3.8) is 0 Å². The normalized spacial score (nSPS) is 10.4. The van der Waals surface area contributed by atoms with Gasteiger partial charge in [0.2, 0.25) is 5.91 Å². The van der Waals surface area contributed by atoms with E-state index in [4.69, 9.17) is 11.6 Å². The highest BCUT2D eigenvalue weighted by atomic mass is 35.5. The van der Waals surface area contributed by atoms with E-state index in [0.717, 1.165) is 12.8 Å². The van der Waals surface area contributed by atoms with Crippen LogP contribution in [0.5, 0.6) is 0 Å². The van der Waals surface area contributed by atoms with Crippen LogP contribution in [0.1, 0.15) is 34.3 Å². The minimum absolute atomic E-state index is 0.0609. The molecule has 3 aromatic rings. The predicted molar refractivity (Wildman–Crippen MR) is 119 cm³/mol. The van der Waals surface area contributed by atoms with Crippen LogP contribution in [0.25, 0.3) is 0 Å². The van der Waals surface area contributed by atoms with E-state index in [2.05, 4.69) is 41.8 Å². The summed E-state index contributed by atoms with van der Waals surface area (Å²) in [6, 6.07) is 22.3. The van der Waals surface area contributed by atoms with Crippen molar-refractivity contribution in [1.82, 2.24) is 0 Å². The van der Waals surface area contributed by atoms with Gasteiger partial charge in [0, 0.05) is 17.7 Å². The molecule has 0 saturated heterocycles. The Labute approximate surface area is 175 Å². The number of hydrogen-bond acceptors (Lipinski definition) is 2. The SMILES string of the molecule is Cc1ccc(CCCC(=O)Nc2ccc(NC(=O)c3ccccc3)c(Cl)c2)cc1. The molecule has 0 aliphatic rings. The number of carbonyl (C=O) groups is 2. The minimum Gasteiger partial charge on any atom is -0.326 e. The molecular weight excluding hydrogens is 384 g/mol. The van der Waals surface area contributed by atoms with Crippen LogP contribution < -0.4 is 10.6 Å². The summed E-state index contributed by atoms with van der Waals surface area (Å²) >= 11 is 6.28. The molecule has 0 heterocycles. The number of halogens is 1.